The van der Waals surface area contributed by atoms with Crippen LogP contribution in [0.5, 0.6) is 0 Å². The highest BCUT2D eigenvalue weighted by Crippen LogP contribution is 2.38. The van der Waals surface area contributed by atoms with Gasteiger partial charge in [0.1, 0.15) is 0 Å². The van der Waals surface area contributed by atoms with E-state index in [-0.39, 0.29) is 16.7 Å². The lowest BCUT2D eigenvalue weighted by Gasteiger charge is -2.08. The number of thioether (sulfide) groups is 1. The van der Waals surface area contributed by atoms with E-state index in [9.17, 15) is 13.2 Å². The van der Waals surface area contributed by atoms with Crippen LogP contribution in [-0.2, 0) is 0 Å². The van der Waals surface area contributed by atoms with Gasteiger partial charge in [-0.25, -0.2) is 0 Å². The second kappa shape index (κ2) is 4.05. The third-order valence-corrected chi connectivity index (χ3v) is 2.28. The van der Waals surface area contributed by atoms with Crippen molar-refractivity contribution in [2.75, 3.05) is 0 Å². The van der Waals surface area contributed by atoms with Crippen molar-refractivity contribution in [1.29, 1.82) is 0 Å². The summed E-state index contributed by atoms with van der Waals surface area (Å²) in [6.07, 6.45) is 1.66. The fourth-order valence-electron chi connectivity index (χ4n) is 0.937. The van der Waals surface area contributed by atoms with Gasteiger partial charge < -0.3 is 0 Å². The zero-order valence-corrected chi connectivity index (χ0v) is 7.75. The Morgan fingerprint density at radius 2 is 1.85 bits per heavy atom. The molecule has 1 aromatic carbocycles. The van der Waals surface area contributed by atoms with Crippen LogP contribution in [-0.4, -0.2) is 5.51 Å². The van der Waals surface area contributed by atoms with Gasteiger partial charge in [0, 0.05) is 4.90 Å². The Kier molecular flexibility index (Phi) is 3.25. The number of benzene rings is 1. The van der Waals surface area contributed by atoms with E-state index in [4.69, 9.17) is 0 Å². The van der Waals surface area contributed by atoms with Gasteiger partial charge in [-0.1, -0.05) is 25.1 Å². The Morgan fingerprint density at radius 1 is 1.23 bits per heavy atom. The van der Waals surface area contributed by atoms with E-state index in [2.05, 4.69) is 0 Å². The second-order valence-electron chi connectivity index (χ2n) is 2.37. The average Bonchev–Trinajstić information content (AvgIpc) is 2.02. The minimum atomic E-state index is -4.21. The lowest BCUT2D eigenvalue weighted by atomic mass is 10.2. The number of halogens is 3. The van der Waals surface area contributed by atoms with E-state index >= 15 is 0 Å². The quantitative estimate of drug-likeness (QED) is 0.660. The molecular formula is C9H8F3S. The van der Waals surface area contributed by atoms with Gasteiger partial charge in [0.05, 0.1) is 0 Å². The van der Waals surface area contributed by atoms with Crippen LogP contribution < -0.4 is 0 Å². The lowest BCUT2D eigenvalue weighted by molar-refractivity contribution is -0.0328. The molecule has 0 aliphatic rings. The topological polar surface area (TPSA) is 0 Å². The molecule has 4 heteroatoms. The second-order valence-corrected chi connectivity index (χ2v) is 3.48. The Morgan fingerprint density at radius 3 is 2.38 bits per heavy atom. The van der Waals surface area contributed by atoms with Crippen LogP contribution in [0.15, 0.2) is 29.2 Å². The Labute approximate surface area is 79.1 Å². The molecule has 0 N–H and O–H groups in total. The third-order valence-electron chi connectivity index (χ3n) is 1.46. The van der Waals surface area contributed by atoms with Gasteiger partial charge in [-0.05, 0) is 29.8 Å². The van der Waals surface area contributed by atoms with Crippen molar-refractivity contribution < 1.29 is 13.2 Å². The van der Waals surface area contributed by atoms with Gasteiger partial charge in [0.25, 0.3) is 0 Å². The Bertz CT molecular complexity index is 280. The van der Waals surface area contributed by atoms with Crippen LogP contribution >= 0.6 is 11.8 Å². The van der Waals surface area contributed by atoms with Crippen LogP contribution in [0, 0.1) is 6.42 Å². The van der Waals surface area contributed by atoms with Gasteiger partial charge >= 0.3 is 5.51 Å². The number of alkyl halides is 3. The molecule has 71 valence electrons. The summed E-state index contributed by atoms with van der Waals surface area (Å²) in [5, 5.41) is 0. The highest BCUT2D eigenvalue weighted by molar-refractivity contribution is 8.00. The van der Waals surface area contributed by atoms with E-state index in [1.54, 1.807) is 31.5 Å². The summed E-state index contributed by atoms with van der Waals surface area (Å²) < 4.78 is 36.0. The molecule has 0 bridgehead atoms. The molecule has 0 saturated heterocycles. The average molecular weight is 205 g/mol. The highest BCUT2D eigenvalue weighted by atomic mass is 32.2. The van der Waals surface area contributed by atoms with E-state index in [0.29, 0.717) is 5.56 Å². The van der Waals surface area contributed by atoms with Gasteiger partial charge in [-0.2, -0.15) is 13.2 Å². The highest BCUT2D eigenvalue weighted by Gasteiger charge is 2.29. The molecule has 0 aliphatic heterocycles. The molecule has 0 heterocycles. The maximum Gasteiger partial charge on any atom is 0.446 e. The van der Waals surface area contributed by atoms with Crippen molar-refractivity contribution in [3.05, 3.63) is 36.2 Å². The molecule has 0 unspecified atom stereocenters. The predicted octanol–water partition coefficient (Wildman–Crippen LogP) is 3.87. The standard InChI is InChI=1S/C9H8F3S/c1-2-7-5-3-4-6-8(7)13-9(10,11)12/h2-6H,1H3. The predicted molar refractivity (Wildman–Crippen MR) is 47.4 cm³/mol. The van der Waals surface area contributed by atoms with Crippen molar-refractivity contribution in [3.8, 4) is 0 Å². The summed E-state index contributed by atoms with van der Waals surface area (Å²) in [5.41, 5.74) is -3.59. The summed E-state index contributed by atoms with van der Waals surface area (Å²) in [6, 6.07) is 6.44. The molecule has 0 saturated carbocycles. The monoisotopic (exact) mass is 205 g/mol. The zero-order valence-electron chi connectivity index (χ0n) is 6.93. The van der Waals surface area contributed by atoms with E-state index in [1.807, 2.05) is 0 Å². The number of rotatable bonds is 2. The molecule has 1 radical (unpaired) electrons. The zero-order chi connectivity index (χ0) is 9.90. The fourth-order valence-corrected chi connectivity index (χ4v) is 1.64. The van der Waals surface area contributed by atoms with E-state index < -0.39 is 5.51 Å². The lowest BCUT2D eigenvalue weighted by Crippen LogP contribution is -2.00. The number of hydrogen-bond acceptors (Lipinski definition) is 1. The SMILES string of the molecule is C[CH]c1ccccc1SC(F)(F)F. The maximum atomic E-state index is 12.0. The van der Waals surface area contributed by atoms with Crippen molar-refractivity contribution in [2.24, 2.45) is 0 Å². The van der Waals surface area contributed by atoms with E-state index in [1.165, 1.54) is 6.07 Å². The first-order chi connectivity index (χ1) is 6.03. The molecule has 1 aromatic rings. The molecular weight excluding hydrogens is 197 g/mol. The summed E-state index contributed by atoms with van der Waals surface area (Å²) in [5.74, 6) is 0. The molecule has 0 aromatic heterocycles. The number of hydrogen-bond donors (Lipinski definition) is 0. The normalized spacial score (nSPS) is 11.7. The summed E-state index contributed by atoms with van der Waals surface area (Å²) in [6.45, 7) is 1.72. The van der Waals surface area contributed by atoms with Crippen molar-refractivity contribution in [3.63, 3.8) is 0 Å². The van der Waals surface area contributed by atoms with Crippen molar-refractivity contribution >= 4 is 11.8 Å². The maximum absolute atomic E-state index is 12.0. The Balaban J connectivity index is 2.87. The molecule has 0 aliphatic carbocycles. The fraction of sp³-hybridized carbons (Fsp3) is 0.222. The minimum Gasteiger partial charge on any atom is -0.160 e. The molecule has 0 fully saturated rings. The smallest absolute Gasteiger partial charge is 0.160 e. The summed E-state index contributed by atoms with van der Waals surface area (Å²) >= 11 is -0.0793. The van der Waals surface area contributed by atoms with Crippen LogP contribution in [0.3, 0.4) is 0 Å². The summed E-state index contributed by atoms with van der Waals surface area (Å²) in [4.78, 5) is 0.248. The van der Waals surface area contributed by atoms with Gasteiger partial charge in [0.2, 0.25) is 0 Å². The first-order valence-electron chi connectivity index (χ1n) is 3.67. The van der Waals surface area contributed by atoms with Crippen LogP contribution in [0.4, 0.5) is 13.2 Å². The molecule has 0 spiro atoms. The van der Waals surface area contributed by atoms with Crippen molar-refractivity contribution in [1.82, 2.24) is 0 Å². The minimum absolute atomic E-state index is 0.0793. The van der Waals surface area contributed by atoms with Gasteiger partial charge in [-0.3, -0.25) is 0 Å². The molecule has 1 rings (SSSR count). The first kappa shape index (κ1) is 10.4. The molecule has 0 nitrogen and oxygen atoms in total. The van der Waals surface area contributed by atoms with Crippen molar-refractivity contribution in [2.45, 2.75) is 17.3 Å². The largest absolute Gasteiger partial charge is 0.446 e. The molecule has 0 amide bonds. The van der Waals surface area contributed by atoms with Gasteiger partial charge in [-0.15, -0.1) is 0 Å². The van der Waals surface area contributed by atoms with E-state index in [0.717, 1.165) is 0 Å². The van der Waals surface area contributed by atoms with Crippen LogP contribution in [0.2, 0.25) is 0 Å². The summed E-state index contributed by atoms with van der Waals surface area (Å²) in [7, 11) is 0. The Hall–Kier alpha value is -0.640. The van der Waals surface area contributed by atoms with Gasteiger partial charge in [0.15, 0.2) is 0 Å². The first-order valence-corrected chi connectivity index (χ1v) is 4.49. The molecule has 13 heavy (non-hydrogen) atoms. The van der Waals surface area contributed by atoms with Crippen LogP contribution in [0.25, 0.3) is 0 Å². The third kappa shape index (κ3) is 3.30. The molecule has 0 atom stereocenters. The van der Waals surface area contributed by atoms with Crippen LogP contribution in [0.1, 0.15) is 12.5 Å².